The molecule has 0 radical (unpaired) electrons. The fourth-order valence-corrected chi connectivity index (χ4v) is 12.0. The second-order valence-electron chi connectivity index (χ2n) is 15.7. The Morgan fingerprint density at radius 1 is 0.596 bits per heavy atom. The quantitative estimate of drug-likeness (QED) is 0.123. The summed E-state index contributed by atoms with van der Waals surface area (Å²) < 4.78 is 70.6. The zero-order valence-electron chi connectivity index (χ0n) is 28.2. The summed E-state index contributed by atoms with van der Waals surface area (Å²) in [5.41, 5.74) is -1.25. The summed E-state index contributed by atoms with van der Waals surface area (Å²) in [5, 5.41) is 0. The van der Waals surface area contributed by atoms with Crippen LogP contribution >= 0.6 is 0 Å². The van der Waals surface area contributed by atoms with E-state index in [1.165, 1.54) is 38.2 Å². The van der Waals surface area contributed by atoms with Gasteiger partial charge in [0.2, 0.25) is 0 Å². The van der Waals surface area contributed by atoms with Crippen molar-refractivity contribution in [2.45, 2.75) is 49.4 Å². The van der Waals surface area contributed by atoms with Crippen molar-refractivity contribution in [3.63, 3.8) is 0 Å². The number of nitrogens with zero attached hydrogens (tertiary/aromatic N) is 3. The number of hydrogen-bond acceptors (Lipinski definition) is 6. The maximum Gasteiger partial charge on any atom is 0.534 e. The minimum Gasteiger partial charge on any atom is -0.375 e. The first-order valence-electron chi connectivity index (χ1n) is 18.2. The summed E-state index contributed by atoms with van der Waals surface area (Å²) in [5.74, 6) is 5.89. The monoisotopic (exact) mass is 719 g/mol. The van der Waals surface area contributed by atoms with Crippen LogP contribution in [0.25, 0.3) is 45.3 Å². The van der Waals surface area contributed by atoms with Crippen LogP contribution in [0.2, 0.25) is 0 Å². The smallest absolute Gasteiger partial charge is 0.375 e. The van der Waals surface area contributed by atoms with E-state index in [1.807, 2.05) is 84.9 Å². The van der Waals surface area contributed by atoms with Gasteiger partial charge in [-0.25, -0.2) is 15.0 Å². The molecule has 264 valence electrons. The molecule has 4 atom stereocenters. The number of benzene rings is 4. The van der Waals surface area contributed by atoms with Gasteiger partial charge < -0.3 is 4.18 Å². The average molecular weight is 720 g/mol. The van der Waals surface area contributed by atoms with Crippen LogP contribution in [0.5, 0.6) is 5.75 Å². The third-order valence-corrected chi connectivity index (χ3v) is 14.2. The summed E-state index contributed by atoms with van der Waals surface area (Å²) in [4.78, 5) is 14.4. The number of hydrogen-bond donors (Lipinski definition) is 0. The molecule has 0 saturated heterocycles. The van der Waals surface area contributed by atoms with Crippen molar-refractivity contribution in [1.82, 2.24) is 15.0 Å². The van der Waals surface area contributed by atoms with Crippen molar-refractivity contribution in [2.75, 3.05) is 0 Å². The summed E-state index contributed by atoms with van der Waals surface area (Å²) in [7, 11) is -5.90. The first kappa shape index (κ1) is 32.1. The van der Waals surface area contributed by atoms with E-state index in [1.54, 1.807) is 12.1 Å². The lowest BCUT2D eigenvalue weighted by molar-refractivity contribution is -0.220. The number of halogens is 3. The van der Waals surface area contributed by atoms with Gasteiger partial charge in [0.15, 0.2) is 23.2 Å². The van der Waals surface area contributed by atoms with Crippen LogP contribution in [-0.4, -0.2) is 28.9 Å². The van der Waals surface area contributed by atoms with E-state index in [-0.39, 0.29) is 11.2 Å². The lowest BCUT2D eigenvalue weighted by atomic mass is 9.30. The van der Waals surface area contributed by atoms with E-state index in [4.69, 9.17) is 19.1 Å². The second-order valence-corrected chi connectivity index (χ2v) is 17.2. The molecule has 7 aliphatic rings. The standard InChI is InChI=1S/C42H36F3N3O3S/c43-42(44,45)52(49,50)51-37-16-15-30(41-23-25-18-33-32-17-24(20-35(33)41)21-36(41)34(32)19-25)22-31(37)26-11-13-29(14-12-26)40-47-38(27-7-3-1-4-8-27)46-39(48-40)28-9-5-2-6-10-28/h1-16,22,24-25,32-36H,17-21,23H2. The average Bonchev–Trinajstić information content (AvgIpc) is 3.16. The SMILES string of the molecule is O=S(=O)(Oc1ccc(C23CC4CC5C6CC(CC52)CC3C6C4)cc1-c1ccc(-c2nc(-c3ccccc3)nc(-c3ccccc3)n2)cc1)C(F)(F)F. The minimum absolute atomic E-state index is 0.0351. The molecule has 1 aromatic heterocycles. The summed E-state index contributed by atoms with van der Waals surface area (Å²) in [6, 6.07) is 31.7. The van der Waals surface area contributed by atoms with Crippen LogP contribution in [0.4, 0.5) is 13.2 Å². The molecule has 7 saturated carbocycles. The van der Waals surface area contributed by atoms with Crippen molar-refractivity contribution in [3.05, 3.63) is 109 Å². The molecule has 8 bridgehead atoms. The molecule has 10 heteroatoms. The summed E-state index contributed by atoms with van der Waals surface area (Å²) in [6.07, 6.45) is 7.46. The first-order chi connectivity index (χ1) is 25.1. The molecule has 12 rings (SSSR count). The number of rotatable bonds is 7. The van der Waals surface area contributed by atoms with E-state index in [9.17, 15) is 21.6 Å². The van der Waals surface area contributed by atoms with E-state index >= 15 is 0 Å². The fraction of sp³-hybridized carbons (Fsp3) is 0.357. The maximum absolute atomic E-state index is 13.7. The zero-order chi connectivity index (χ0) is 35.4. The van der Waals surface area contributed by atoms with Crippen molar-refractivity contribution >= 4 is 10.1 Å². The van der Waals surface area contributed by atoms with Crippen LogP contribution in [0, 0.1) is 41.4 Å². The molecule has 7 fully saturated rings. The van der Waals surface area contributed by atoms with Gasteiger partial charge in [-0.3, -0.25) is 0 Å². The molecule has 0 aliphatic heterocycles. The Bertz CT molecular complexity index is 2220. The predicted octanol–water partition coefficient (Wildman–Crippen LogP) is 9.73. The van der Waals surface area contributed by atoms with E-state index in [0.29, 0.717) is 63.8 Å². The highest BCUT2D eigenvalue weighted by Gasteiger charge is 2.70. The van der Waals surface area contributed by atoms with E-state index in [2.05, 4.69) is 0 Å². The topological polar surface area (TPSA) is 82.0 Å². The molecular formula is C42H36F3N3O3S. The predicted molar refractivity (Wildman–Crippen MR) is 191 cm³/mol. The molecule has 4 unspecified atom stereocenters. The van der Waals surface area contributed by atoms with Gasteiger partial charge in [0.05, 0.1) is 0 Å². The van der Waals surface area contributed by atoms with E-state index in [0.717, 1.165) is 34.9 Å². The molecule has 6 nitrogen and oxygen atoms in total. The third kappa shape index (κ3) is 4.89. The van der Waals surface area contributed by atoms with Crippen molar-refractivity contribution < 1.29 is 25.8 Å². The molecule has 0 N–H and O–H groups in total. The van der Waals surface area contributed by atoms with Gasteiger partial charge in [-0.15, -0.1) is 0 Å². The Labute approximate surface area is 300 Å². The minimum atomic E-state index is -5.90. The fourth-order valence-electron chi connectivity index (χ4n) is 11.5. The first-order valence-corrected chi connectivity index (χ1v) is 19.6. The highest BCUT2D eigenvalue weighted by molar-refractivity contribution is 7.88. The molecule has 5 aromatic rings. The molecule has 1 heterocycles. The van der Waals surface area contributed by atoms with Gasteiger partial charge in [0.25, 0.3) is 0 Å². The van der Waals surface area contributed by atoms with Crippen molar-refractivity contribution in [3.8, 4) is 51.0 Å². The van der Waals surface area contributed by atoms with Gasteiger partial charge in [-0.05, 0) is 103 Å². The number of alkyl halides is 3. The molecule has 7 aliphatic carbocycles. The Morgan fingerprint density at radius 2 is 1.10 bits per heavy atom. The lowest BCUT2D eigenvalue weighted by Gasteiger charge is -2.74. The van der Waals surface area contributed by atoms with Crippen LogP contribution in [0.15, 0.2) is 103 Å². The largest absolute Gasteiger partial charge is 0.534 e. The molecule has 0 spiro atoms. The van der Waals surface area contributed by atoms with E-state index < -0.39 is 15.6 Å². The van der Waals surface area contributed by atoms with Crippen LogP contribution in [0.1, 0.15) is 44.1 Å². The Morgan fingerprint density at radius 3 is 1.63 bits per heavy atom. The molecule has 52 heavy (non-hydrogen) atoms. The summed E-state index contributed by atoms with van der Waals surface area (Å²) in [6.45, 7) is 0. The zero-order valence-corrected chi connectivity index (χ0v) is 29.0. The van der Waals surface area contributed by atoms with Gasteiger partial charge >= 0.3 is 15.6 Å². The van der Waals surface area contributed by atoms with Crippen molar-refractivity contribution in [1.29, 1.82) is 0 Å². The van der Waals surface area contributed by atoms with Crippen LogP contribution in [0.3, 0.4) is 0 Å². The van der Waals surface area contributed by atoms with Gasteiger partial charge in [-0.2, -0.15) is 21.6 Å². The molecule has 4 aromatic carbocycles. The van der Waals surface area contributed by atoms with Gasteiger partial charge in [0, 0.05) is 27.7 Å². The molecule has 0 amide bonds. The second kappa shape index (κ2) is 11.5. The van der Waals surface area contributed by atoms with Crippen molar-refractivity contribution in [2.24, 2.45) is 41.4 Å². The molecular weight excluding hydrogens is 684 g/mol. The summed E-state index contributed by atoms with van der Waals surface area (Å²) >= 11 is 0. The third-order valence-electron chi connectivity index (χ3n) is 13.2. The lowest BCUT2D eigenvalue weighted by Crippen LogP contribution is -2.69. The van der Waals surface area contributed by atoms with Gasteiger partial charge in [-0.1, -0.05) is 91.0 Å². The van der Waals surface area contributed by atoms with Gasteiger partial charge in [0.1, 0.15) is 0 Å². The Kier molecular flexibility index (Phi) is 7.08. The normalized spacial score (nSPS) is 29.8. The van der Waals surface area contributed by atoms with Crippen LogP contribution in [-0.2, 0) is 15.5 Å². The van der Waals surface area contributed by atoms with Crippen LogP contribution < -0.4 is 4.18 Å². The Balaban J connectivity index is 1.08. The highest BCUT2D eigenvalue weighted by atomic mass is 32.2. The maximum atomic E-state index is 13.7. The highest BCUT2D eigenvalue weighted by Crippen LogP contribution is 2.76. The Hall–Kier alpha value is -4.57. The number of aromatic nitrogens is 3.